The Balaban J connectivity index is 0.787. The van der Waals surface area contributed by atoms with Crippen LogP contribution in [0.1, 0.15) is 57.6 Å². The predicted molar refractivity (Wildman–Crippen MR) is 215 cm³/mol. The Kier molecular flexibility index (Phi) is 10.7. The molecular formula is C40H47ClN12O3. The molecule has 4 aromatic rings. The molecule has 0 aliphatic carbocycles. The van der Waals surface area contributed by atoms with Gasteiger partial charge < -0.3 is 29.5 Å². The van der Waals surface area contributed by atoms with Crippen molar-refractivity contribution < 1.29 is 14.4 Å². The Bertz CT molecular complexity index is 2140. The van der Waals surface area contributed by atoms with E-state index in [9.17, 15) is 19.6 Å². The topological polar surface area (TPSA) is 159 Å². The van der Waals surface area contributed by atoms with Crippen LogP contribution in [0.3, 0.4) is 0 Å². The maximum Gasteiger partial charge on any atom is 0.328 e. The molecule has 1 aromatic carbocycles. The number of likely N-dealkylation sites (tertiary alicyclic amines) is 1. The van der Waals surface area contributed by atoms with Gasteiger partial charge in [-0.2, -0.15) is 5.26 Å². The zero-order valence-electron chi connectivity index (χ0n) is 31.8. The van der Waals surface area contributed by atoms with E-state index in [4.69, 9.17) is 11.6 Å². The number of halogens is 1. The number of imide groups is 1. The first-order valence-electron chi connectivity index (χ1n) is 19.5. The molecule has 0 bridgehead atoms. The van der Waals surface area contributed by atoms with Crippen LogP contribution in [0.5, 0.6) is 0 Å². The molecule has 5 amide bonds. The number of rotatable bonds is 7. The third-order valence-corrected chi connectivity index (χ3v) is 12.2. The number of nitriles is 1. The van der Waals surface area contributed by atoms with E-state index in [1.807, 2.05) is 30.2 Å². The lowest BCUT2D eigenvalue weighted by Gasteiger charge is -2.45. The second kappa shape index (κ2) is 16.0. The highest BCUT2D eigenvalue weighted by molar-refractivity contribution is 6.32. The van der Waals surface area contributed by atoms with E-state index in [-0.39, 0.29) is 30.4 Å². The highest BCUT2D eigenvalue weighted by Gasteiger charge is 2.33. The molecule has 0 saturated carbocycles. The normalized spacial score (nSPS) is 21.7. The van der Waals surface area contributed by atoms with Crippen molar-refractivity contribution in [3.05, 3.63) is 65.8 Å². The minimum atomic E-state index is -0.394. The van der Waals surface area contributed by atoms with Gasteiger partial charge in [-0.1, -0.05) is 11.6 Å². The van der Waals surface area contributed by atoms with E-state index in [2.05, 4.69) is 70.1 Å². The molecule has 4 aliphatic heterocycles. The van der Waals surface area contributed by atoms with Crippen LogP contribution in [0.4, 0.5) is 32.6 Å². The van der Waals surface area contributed by atoms with Gasteiger partial charge >= 0.3 is 12.1 Å². The number of fused-ring (bicyclic) bond motifs is 1. The number of piperidine rings is 2. The third-order valence-electron chi connectivity index (χ3n) is 11.9. The molecule has 0 spiro atoms. The van der Waals surface area contributed by atoms with E-state index in [1.54, 1.807) is 29.6 Å². The fourth-order valence-corrected chi connectivity index (χ4v) is 8.95. The van der Waals surface area contributed by atoms with Crippen LogP contribution < -0.4 is 25.3 Å². The summed E-state index contributed by atoms with van der Waals surface area (Å²) in [6.45, 7) is 10.6. The fourth-order valence-electron chi connectivity index (χ4n) is 8.74. The number of amides is 5. The fraction of sp³-hybridized carbons (Fsp3) is 0.475. The van der Waals surface area contributed by atoms with Crippen molar-refractivity contribution >= 4 is 63.5 Å². The van der Waals surface area contributed by atoms with Crippen molar-refractivity contribution in [1.29, 1.82) is 5.26 Å². The van der Waals surface area contributed by atoms with Gasteiger partial charge in [0.15, 0.2) is 0 Å². The van der Waals surface area contributed by atoms with Crippen molar-refractivity contribution in [3.8, 4) is 6.07 Å². The van der Waals surface area contributed by atoms with Crippen LogP contribution in [0.15, 0.2) is 55.2 Å². The smallest absolute Gasteiger partial charge is 0.328 e. The summed E-state index contributed by atoms with van der Waals surface area (Å²) in [6.07, 6.45) is 13.6. The highest BCUT2D eigenvalue weighted by atomic mass is 35.5. The second-order valence-corrected chi connectivity index (χ2v) is 15.9. The number of urea groups is 2. The summed E-state index contributed by atoms with van der Waals surface area (Å²) >= 11 is 6.30. The molecule has 16 heteroatoms. The Labute approximate surface area is 331 Å². The summed E-state index contributed by atoms with van der Waals surface area (Å²) in [4.78, 5) is 61.8. The van der Waals surface area contributed by atoms with E-state index >= 15 is 0 Å². The first kappa shape index (κ1) is 37.5. The van der Waals surface area contributed by atoms with Crippen LogP contribution in [0.25, 0.3) is 10.9 Å². The zero-order valence-corrected chi connectivity index (χ0v) is 32.5. The molecule has 0 unspecified atom stereocenters. The van der Waals surface area contributed by atoms with Gasteiger partial charge in [-0.05, 0) is 69.7 Å². The van der Waals surface area contributed by atoms with Crippen LogP contribution in [0.2, 0.25) is 5.02 Å². The zero-order chi connectivity index (χ0) is 38.9. The van der Waals surface area contributed by atoms with Crippen LogP contribution in [0, 0.1) is 17.2 Å². The number of hydrogen-bond acceptors (Lipinski definition) is 10. The van der Waals surface area contributed by atoms with Crippen molar-refractivity contribution in [2.75, 3.05) is 72.4 Å². The van der Waals surface area contributed by atoms with Gasteiger partial charge in [0.25, 0.3) is 0 Å². The van der Waals surface area contributed by atoms with Crippen LogP contribution in [-0.4, -0.2) is 112 Å². The lowest BCUT2D eigenvalue weighted by Crippen LogP contribution is -2.59. The van der Waals surface area contributed by atoms with Gasteiger partial charge in [-0.15, -0.1) is 0 Å². The van der Waals surface area contributed by atoms with Gasteiger partial charge in [-0.3, -0.25) is 20.0 Å². The van der Waals surface area contributed by atoms with E-state index in [0.29, 0.717) is 53.8 Å². The molecule has 4 saturated heterocycles. The van der Waals surface area contributed by atoms with Gasteiger partial charge in [0.2, 0.25) is 11.9 Å². The Morgan fingerprint density at radius 1 is 0.964 bits per heavy atom. The minimum Gasteiger partial charge on any atom is -0.365 e. The summed E-state index contributed by atoms with van der Waals surface area (Å²) < 4.78 is 2.31. The van der Waals surface area contributed by atoms with E-state index in [0.717, 1.165) is 80.7 Å². The molecule has 3 aromatic heterocycles. The largest absolute Gasteiger partial charge is 0.365 e. The Morgan fingerprint density at radius 3 is 2.45 bits per heavy atom. The van der Waals surface area contributed by atoms with Crippen molar-refractivity contribution in [1.82, 2.24) is 34.6 Å². The maximum atomic E-state index is 13.3. The van der Waals surface area contributed by atoms with Crippen molar-refractivity contribution in [3.63, 3.8) is 0 Å². The average molecular weight is 779 g/mol. The number of nitrogens with one attached hydrogen (secondary N) is 2. The van der Waals surface area contributed by atoms with Gasteiger partial charge in [0.05, 0.1) is 52.3 Å². The number of anilines is 4. The number of pyridine rings is 1. The molecule has 2 N–H and O–H groups in total. The minimum absolute atomic E-state index is 0.0497. The summed E-state index contributed by atoms with van der Waals surface area (Å²) in [5.74, 6) is 1.05. The number of piperazine rings is 1. The summed E-state index contributed by atoms with van der Waals surface area (Å²) in [5.41, 5.74) is 3.70. The van der Waals surface area contributed by atoms with E-state index < -0.39 is 6.03 Å². The van der Waals surface area contributed by atoms with Crippen molar-refractivity contribution in [2.45, 2.75) is 64.1 Å². The average Bonchev–Trinajstić information content (AvgIpc) is 3.64. The van der Waals surface area contributed by atoms with Gasteiger partial charge in [0.1, 0.15) is 6.07 Å². The quantitative estimate of drug-likeness (QED) is 0.246. The highest BCUT2D eigenvalue weighted by Crippen LogP contribution is 2.34. The van der Waals surface area contributed by atoms with Crippen LogP contribution >= 0.6 is 11.6 Å². The van der Waals surface area contributed by atoms with E-state index in [1.165, 1.54) is 0 Å². The molecule has 2 atom stereocenters. The van der Waals surface area contributed by atoms with Gasteiger partial charge in [0, 0.05) is 94.2 Å². The Hall–Kier alpha value is -5.46. The predicted octanol–water partition coefficient (Wildman–Crippen LogP) is 5.48. The SMILES string of the molecule is C[C@@H]1CN(c2ccc(C#N)c(Cl)c2)[C@@H](C)CN1C(=O)Nc1cnc(N2CCC(CN3CCC(n4ccc5c(N6CCC(=O)NC6=O)cncc54)CC3)CC2)nc1. The molecule has 292 valence electrons. The number of aromatic nitrogens is 4. The summed E-state index contributed by atoms with van der Waals surface area (Å²) in [7, 11) is 0. The number of carbonyl (C=O) groups excluding carboxylic acids is 3. The van der Waals surface area contributed by atoms with Crippen molar-refractivity contribution in [2.24, 2.45) is 5.92 Å². The summed E-state index contributed by atoms with van der Waals surface area (Å²) in [6, 6.07) is 9.42. The lowest BCUT2D eigenvalue weighted by atomic mass is 9.95. The maximum absolute atomic E-state index is 13.3. The third kappa shape index (κ3) is 7.68. The molecule has 4 fully saturated rings. The standard InChI is InChI=1S/C40H47ClN12O3/c1-26-24-53(27(2)23-52(26)32-4-3-29(18-42)34(41)17-32)39(55)46-30-19-44-38(45-20-30)49-13-5-28(6-14-49)25-48-11-7-31(8-12-48)50-15-9-33-35(50)21-43-22-36(33)51-16-10-37(54)47-40(51)56/h3-4,9,15,17,19-22,26-28,31H,5-8,10-14,16,23-25H2,1-2H3,(H,46,55)(H,47,54,56)/t26-,27+/m0/s1. The molecular weight excluding hydrogens is 732 g/mol. The van der Waals surface area contributed by atoms with Gasteiger partial charge in [-0.25, -0.2) is 19.6 Å². The monoisotopic (exact) mass is 778 g/mol. The molecule has 0 radical (unpaired) electrons. The molecule has 8 rings (SSSR count). The van der Waals surface area contributed by atoms with Crippen LogP contribution in [-0.2, 0) is 4.79 Å². The number of nitrogens with zero attached hydrogens (tertiary/aromatic N) is 10. The molecule has 56 heavy (non-hydrogen) atoms. The second-order valence-electron chi connectivity index (χ2n) is 15.5. The molecule has 4 aliphatic rings. The first-order valence-corrected chi connectivity index (χ1v) is 19.9. The first-order chi connectivity index (χ1) is 27.1. The number of hydrogen-bond donors (Lipinski definition) is 2. The molecule has 7 heterocycles. The number of benzene rings is 1. The molecule has 15 nitrogen and oxygen atoms in total. The lowest BCUT2D eigenvalue weighted by molar-refractivity contribution is -0.120. The Morgan fingerprint density at radius 2 is 1.73 bits per heavy atom. The number of carbonyl (C=O) groups is 3. The summed E-state index contributed by atoms with van der Waals surface area (Å²) in [5, 5.41) is 16.0.